The Balaban J connectivity index is 3.00. The lowest BCUT2D eigenvalue weighted by Gasteiger charge is -2.25. The maximum atomic E-state index is 13.0. The van der Waals surface area contributed by atoms with E-state index in [1.54, 1.807) is 0 Å². The number of rotatable bonds is 6. The van der Waals surface area contributed by atoms with Crippen LogP contribution in [0.25, 0.3) is 0 Å². The van der Waals surface area contributed by atoms with Crippen molar-refractivity contribution in [1.82, 2.24) is 9.03 Å². The number of nitrogens with zero attached hydrogens (tertiary/aromatic N) is 2. The van der Waals surface area contributed by atoms with E-state index in [0.717, 1.165) is 22.2 Å². The number of anilines is 1. The minimum atomic E-state index is -4.62. The highest BCUT2D eigenvalue weighted by atomic mass is 32.2. The van der Waals surface area contributed by atoms with Crippen molar-refractivity contribution in [1.29, 1.82) is 0 Å². The zero-order valence-corrected chi connectivity index (χ0v) is 13.7. The van der Waals surface area contributed by atoms with Gasteiger partial charge < -0.3 is 4.90 Å². The van der Waals surface area contributed by atoms with Crippen molar-refractivity contribution in [3.05, 3.63) is 29.8 Å². The SMILES string of the molecule is CC(=O)N(CCNS(=O)(=O)N(C)C)c1ccccc1C(F)(F)F. The largest absolute Gasteiger partial charge is 0.418 e. The Labute approximate surface area is 133 Å². The van der Waals surface area contributed by atoms with E-state index < -0.39 is 27.9 Å². The molecule has 10 heteroatoms. The van der Waals surface area contributed by atoms with E-state index in [4.69, 9.17) is 0 Å². The van der Waals surface area contributed by atoms with Crippen LogP contribution in [0.3, 0.4) is 0 Å². The highest BCUT2D eigenvalue weighted by molar-refractivity contribution is 7.87. The molecule has 1 aromatic carbocycles. The number of carbonyl (C=O) groups is 1. The molecule has 0 atom stereocenters. The van der Waals surface area contributed by atoms with Crippen LogP contribution < -0.4 is 9.62 Å². The molecule has 6 nitrogen and oxygen atoms in total. The second-order valence-corrected chi connectivity index (χ2v) is 6.84. The number of alkyl halides is 3. The Morgan fingerprint density at radius 2 is 1.78 bits per heavy atom. The Hall–Kier alpha value is -1.65. The molecule has 1 aromatic rings. The van der Waals surface area contributed by atoms with Crippen LogP contribution in [-0.4, -0.2) is 45.8 Å². The van der Waals surface area contributed by atoms with Crippen molar-refractivity contribution < 1.29 is 26.4 Å². The van der Waals surface area contributed by atoms with Gasteiger partial charge in [0.1, 0.15) is 0 Å². The number of nitrogens with one attached hydrogen (secondary N) is 1. The number of benzene rings is 1. The Morgan fingerprint density at radius 1 is 1.22 bits per heavy atom. The van der Waals surface area contributed by atoms with Gasteiger partial charge in [-0.15, -0.1) is 0 Å². The van der Waals surface area contributed by atoms with Crippen LogP contribution in [0.15, 0.2) is 24.3 Å². The van der Waals surface area contributed by atoms with Gasteiger partial charge in [0, 0.05) is 34.1 Å². The Kier molecular flexibility index (Phi) is 6.14. The predicted octanol–water partition coefficient (Wildman–Crippen LogP) is 1.45. The molecule has 0 saturated carbocycles. The van der Waals surface area contributed by atoms with Crippen LogP contribution in [0.1, 0.15) is 12.5 Å². The normalized spacial score (nSPS) is 12.5. The summed E-state index contributed by atoms with van der Waals surface area (Å²) in [7, 11) is -1.10. The van der Waals surface area contributed by atoms with E-state index in [-0.39, 0.29) is 18.8 Å². The van der Waals surface area contributed by atoms with Gasteiger partial charge in [-0.05, 0) is 12.1 Å². The van der Waals surface area contributed by atoms with E-state index in [1.165, 1.54) is 32.3 Å². The number of amides is 1. The van der Waals surface area contributed by atoms with Crippen molar-refractivity contribution in [2.24, 2.45) is 0 Å². The van der Waals surface area contributed by atoms with Gasteiger partial charge in [0.2, 0.25) is 5.91 Å². The van der Waals surface area contributed by atoms with E-state index in [2.05, 4.69) is 4.72 Å². The molecule has 0 bridgehead atoms. The van der Waals surface area contributed by atoms with Crippen LogP contribution in [0.5, 0.6) is 0 Å². The molecule has 1 amide bonds. The molecule has 0 aliphatic heterocycles. The van der Waals surface area contributed by atoms with E-state index >= 15 is 0 Å². The fourth-order valence-electron chi connectivity index (χ4n) is 1.81. The first kappa shape index (κ1) is 19.4. The third-order valence-corrected chi connectivity index (χ3v) is 4.51. The molecular formula is C13H18F3N3O3S. The molecule has 0 unspecified atom stereocenters. The lowest BCUT2D eigenvalue weighted by molar-refractivity contribution is -0.137. The smallest absolute Gasteiger partial charge is 0.311 e. The first-order valence-electron chi connectivity index (χ1n) is 6.58. The molecule has 0 saturated heterocycles. The molecule has 0 radical (unpaired) electrons. The monoisotopic (exact) mass is 353 g/mol. The number of para-hydroxylation sites is 1. The third-order valence-electron chi connectivity index (χ3n) is 2.98. The van der Waals surface area contributed by atoms with Crippen LogP contribution >= 0.6 is 0 Å². The standard InChI is InChI=1S/C13H18F3N3O3S/c1-10(20)19(9-8-17-23(21,22)18(2)3)12-7-5-4-6-11(12)13(14,15)16/h4-7,17H,8-9H2,1-3H3. The van der Waals surface area contributed by atoms with Crippen LogP contribution in [0, 0.1) is 0 Å². The van der Waals surface area contributed by atoms with Gasteiger partial charge >= 0.3 is 6.18 Å². The molecule has 0 aliphatic rings. The van der Waals surface area contributed by atoms with Crippen molar-refractivity contribution >= 4 is 21.8 Å². The molecule has 23 heavy (non-hydrogen) atoms. The summed E-state index contributed by atoms with van der Waals surface area (Å²) >= 11 is 0. The summed E-state index contributed by atoms with van der Waals surface area (Å²) in [6.07, 6.45) is -4.62. The van der Waals surface area contributed by atoms with E-state index in [1.807, 2.05) is 0 Å². The summed E-state index contributed by atoms with van der Waals surface area (Å²) in [5.41, 5.74) is -1.26. The average molecular weight is 353 g/mol. The quantitative estimate of drug-likeness (QED) is 0.842. The minimum absolute atomic E-state index is 0.216. The maximum Gasteiger partial charge on any atom is 0.418 e. The molecule has 0 spiro atoms. The molecule has 0 aliphatic carbocycles. The number of halogens is 3. The van der Waals surface area contributed by atoms with Crippen molar-refractivity contribution in [3.8, 4) is 0 Å². The summed E-state index contributed by atoms with van der Waals surface area (Å²) in [6, 6.07) is 4.64. The van der Waals surface area contributed by atoms with Gasteiger partial charge in [-0.2, -0.15) is 25.9 Å². The van der Waals surface area contributed by atoms with Crippen LogP contribution in [0.4, 0.5) is 18.9 Å². The van der Waals surface area contributed by atoms with Gasteiger partial charge in [0.15, 0.2) is 0 Å². The lowest BCUT2D eigenvalue weighted by atomic mass is 10.1. The summed E-state index contributed by atoms with van der Waals surface area (Å²) in [6.45, 7) is 0.676. The first-order valence-corrected chi connectivity index (χ1v) is 8.02. The second kappa shape index (κ2) is 7.28. The third kappa shape index (κ3) is 5.19. The van der Waals surface area contributed by atoms with Gasteiger partial charge in [-0.25, -0.2) is 4.72 Å². The summed E-state index contributed by atoms with van der Waals surface area (Å²) in [4.78, 5) is 12.6. The second-order valence-electron chi connectivity index (χ2n) is 4.87. The van der Waals surface area contributed by atoms with Crippen molar-refractivity contribution in [2.45, 2.75) is 13.1 Å². The van der Waals surface area contributed by atoms with E-state index in [9.17, 15) is 26.4 Å². The lowest BCUT2D eigenvalue weighted by Crippen LogP contribution is -2.42. The first-order chi connectivity index (χ1) is 10.5. The molecule has 0 heterocycles. The molecular weight excluding hydrogens is 335 g/mol. The predicted molar refractivity (Wildman–Crippen MR) is 80.1 cm³/mol. The van der Waals surface area contributed by atoms with Crippen LogP contribution in [-0.2, 0) is 21.2 Å². The maximum absolute atomic E-state index is 13.0. The molecule has 0 fully saturated rings. The zero-order chi connectivity index (χ0) is 17.8. The van der Waals surface area contributed by atoms with Gasteiger partial charge in [-0.3, -0.25) is 4.79 Å². The van der Waals surface area contributed by atoms with Gasteiger partial charge in [-0.1, -0.05) is 12.1 Å². The van der Waals surface area contributed by atoms with Crippen molar-refractivity contribution in [3.63, 3.8) is 0 Å². The molecule has 130 valence electrons. The molecule has 1 N–H and O–H groups in total. The summed E-state index contributed by atoms with van der Waals surface area (Å²) in [5, 5.41) is 0. The highest BCUT2D eigenvalue weighted by Gasteiger charge is 2.35. The summed E-state index contributed by atoms with van der Waals surface area (Å²) in [5.74, 6) is -0.620. The number of hydrogen-bond acceptors (Lipinski definition) is 3. The minimum Gasteiger partial charge on any atom is -0.311 e. The van der Waals surface area contributed by atoms with Gasteiger partial charge in [0.05, 0.1) is 11.3 Å². The van der Waals surface area contributed by atoms with E-state index in [0.29, 0.717) is 0 Å². The number of carbonyl (C=O) groups excluding carboxylic acids is 1. The zero-order valence-electron chi connectivity index (χ0n) is 12.9. The van der Waals surface area contributed by atoms with Gasteiger partial charge in [0.25, 0.3) is 10.2 Å². The number of hydrogen-bond donors (Lipinski definition) is 1. The molecule has 0 aromatic heterocycles. The fraction of sp³-hybridized carbons (Fsp3) is 0.462. The topological polar surface area (TPSA) is 69.7 Å². The van der Waals surface area contributed by atoms with Crippen LogP contribution in [0.2, 0.25) is 0 Å². The average Bonchev–Trinajstić information content (AvgIpc) is 2.42. The highest BCUT2D eigenvalue weighted by Crippen LogP contribution is 2.36. The summed E-state index contributed by atoms with van der Waals surface area (Å²) < 4.78 is 65.4. The Bertz CT molecular complexity index is 660. The Morgan fingerprint density at radius 3 is 2.26 bits per heavy atom. The van der Waals surface area contributed by atoms with Crippen molar-refractivity contribution in [2.75, 3.05) is 32.1 Å². The fourth-order valence-corrected chi connectivity index (χ4v) is 2.42. The molecule has 1 rings (SSSR count).